The lowest BCUT2D eigenvalue weighted by Crippen LogP contribution is -2.17. The summed E-state index contributed by atoms with van der Waals surface area (Å²) in [7, 11) is 0. The van der Waals surface area contributed by atoms with Crippen LogP contribution in [0.1, 0.15) is 16.1 Å². The van der Waals surface area contributed by atoms with Crippen molar-refractivity contribution in [2.75, 3.05) is 0 Å². The first kappa shape index (κ1) is 17.7. The van der Waals surface area contributed by atoms with Gasteiger partial charge in [-0.25, -0.2) is 5.43 Å². The molecule has 1 N–H and O–H groups in total. The number of rotatable bonds is 4. The summed E-state index contributed by atoms with van der Waals surface area (Å²) in [6, 6.07) is 15.6. The third-order valence-corrected chi connectivity index (χ3v) is 4.36. The molecule has 1 amide bonds. The van der Waals surface area contributed by atoms with Crippen molar-refractivity contribution in [1.29, 1.82) is 0 Å². The van der Waals surface area contributed by atoms with Crippen LogP contribution in [-0.4, -0.2) is 12.1 Å². The molecule has 0 saturated heterocycles. The first-order valence-electron chi connectivity index (χ1n) is 7.17. The average molecular weight is 438 g/mol. The number of furan rings is 1. The average Bonchev–Trinajstić information content (AvgIpc) is 3.04. The van der Waals surface area contributed by atoms with Gasteiger partial charge in [0.25, 0.3) is 5.91 Å². The van der Waals surface area contributed by atoms with Crippen LogP contribution >= 0.6 is 39.1 Å². The number of nitrogens with zero attached hydrogens (tertiary/aromatic N) is 1. The Bertz CT molecular complexity index is 937. The summed E-state index contributed by atoms with van der Waals surface area (Å²) in [5.74, 6) is 0.760. The fourth-order valence-electron chi connectivity index (χ4n) is 2.08. The van der Waals surface area contributed by atoms with Gasteiger partial charge in [0.2, 0.25) is 0 Å². The van der Waals surface area contributed by atoms with Gasteiger partial charge in [0.05, 0.1) is 11.2 Å². The lowest BCUT2D eigenvalue weighted by atomic mass is 10.2. The van der Waals surface area contributed by atoms with Crippen molar-refractivity contribution in [3.05, 3.63) is 80.4 Å². The van der Waals surface area contributed by atoms with Gasteiger partial charge in [-0.2, -0.15) is 5.10 Å². The second-order valence-corrected chi connectivity index (χ2v) is 6.79. The van der Waals surface area contributed by atoms with E-state index < -0.39 is 0 Å². The van der Waals surface area contributed by atoms with Crippen LogP contribution in [0.3, 0.4) is 0 Å². The molecule has 0 saturated carbocycles. The molecule has 0 aliphatic heterocycles. The molecule has 0 bridgehead atoms. The first-order valence-corrected chi connectivity index (χ1v) is 8.72. The maximum Gasteiger partial charge on any atom is 0.271 e. The molecule has 1 heterocycles. The van der Waals surface area contributed by atoms with E-state index in [0.29, 0.717) is 27.1 Å². The van der Waals surface area contributed by atoms with E-state index in [-0.39, 0.29) is 5.91 Å². The van der Waals surface area contributed by atoms with Gasteiger partial charge in [0.15, 0.2) is 0 Å². The van der Waals surface area contributed by atoms with E-state index in [0.717, 1.165) is 10.0 Å². The van der Waals surface area contributed by atoms with Crippen molar-refractivity contribution >= 4 is 51.3 Å². The summed E-state index contributed by atoms with van der Waals surface area (Å²) < 4.78 is 6.56. The highest BCUT2D eigenvalue weighted by molar-refractivity contribution is 9.10. The minimum absolute atomic E-state index is 0.309. The zero-order chi connectivity index (χ0) is 17.8. The van der Waals surface area contributed by atoms with Crippen LogP contribution in [-0.2, 0) is 0 Å². The largest absolute Gasteiger partial charge is 0.455 e. The Hall–Kier alpha value is -2.08. The third-order valence-electron chi connectivity index (χ3n) is 3.29. The Morgan fingerprint density at radius 3 is 2.56 bits per heavy atom. The molecule has 3 aromatic rings. The smallest absolute Gasteiger partial charge is 0.271 e. The Balaban J connectivity index is 1.67. The zero-order valence-corrected chi connectivity index (χ0v) is 15.8. The predicted octanol–water partition coefficient (Wildman–Crippen LogP) is 5.78. The van der Waals surface area contributed by atoms with Crippen LogP contribution in [0.4, 0.5) is 0 Å². The maximum absolute atomic E-state index is 11.9. The quantitative estimate of drug-likeness (QED) is 0.415. The minimum atomic E-state index is -0.309. The zero-order valence-electron chi connectivity index (χ0n) is 12.7. The number of hydrogen-bond acceptors (Lipinski definition) is 3. The Morgan fingerprint density at radius 2 is 1.84 bits per heavy atom. The number of carbonyl (C=O) groups is 1. The van der Waals surface area contributed by atoms with Gasteiger partial charge in [0.1, 0.15) is 11.5 Å². The molecule has 25 heavy (non-hydrogen) atoms. The van der Waals surface area contributed by atoms with Gasteiger partial charge in [-0.15, -0.1) is 0 Å². The van der Waals surface area contributed by atoms with E-state index in [9.17, 15) is 4.79 Å². The van der Waals surface area contributed by atoms with E-state index in [1.807, 2.05) is 0 Å². The molecular weight excluding hydrogens is 427 g/mol. The molecule has 0 radical (unpaired) electrons. The summed E-state index contributed by atoms with van der Waals surface area (Å²) in [4.78, 5) is 11.9. The van der Waals surface area contributed by atoms with Crippen molar-refractivity contribution in [1.82, 2.24) is 5.43 Å². The van der Waals surface area contributed by atoms with Crippen LogP contribution in [0.25, 0.3) is 11.3 Å². The summed E-state index contributed by atoms with van der Waals surface area (Å²) in [6.45, 7) is 0. The topological polar surface area (TPSA) is 54.6 Å². The predicted molar refractivity (Wildman–Crippen MR) is 103 cm³/mol. The number of hydrazone groups is 1. The standard InChI is InChI=1S/C18H11BrCl2N2O2/c19-12-3-1-11(2-4-12)18(24)23-22-10-14-6-8-17(25-14)15-7-5-13(20)9-16(15)21/h1-10H,(H,23,24)/b22-10-. The minimum Gasteiger partial charge on any atom is -0.455 e. The second kappa shape index (κ2) is 7.87. The molecule has 0 aliphatic carbocycles. The summed E-state index contributed by atoms with van der Waals surface area (Å²) >= 11 is 15.4. The fraction of sp³-hybridized carbons (Fsp3) is 0. The number of hydrogen-bond donors (Lipinski definition) is 1. The van der Waals surface area contributed by atoms with Gasteiger partial charge < -0.3 is 4.42 Å². The van der Waals surface area contributed by atoms with Gasteiger partial charge in [-0.1, -0.05) is 39.1 Å². The van der Waals surface area contributed by atoms with Crippen LogP contribution in [0.15, 0.2) is 68.6 Å². The molecule has 0 unspecified atom stereocenters. The lowest BCUT2D eigenvalue weighted by Gasteiger charge is -2.01. The summed E-state index contributed by atoms with van der Waals surface area (Å²) in [5.41, 5.74) is 3.68. The van der Waals surface area contributed by atoms with Crippen molar-refractivity contribution in [2.45, 2.75) is 0 Å². The van der Waals surface area contributed by atoms with Crippen molar-refractivity contribution in [2.24, 2.45) is 5.10 Å². The van der Waals surface area contributed by atoms with Gasteiger partial charge in [0, 0.05) is 20.6 Å². The van der Waals surface area contributed by atoms with Crippen molar-refractivity contribution in [3.63, 3.8) is 0 Å². The molecule has 0 aliphatic rings. The molecular formula is C18H11BrCl2N2O2. The number of carbonyl (C=O) groups excluding carboxylic acids is 1. The van der Waals surface area contributed by atoms with Crippen molar-refractivity contribution in [3.8, 4) is 11.3 Å². The lowest BCUT2D eigenvalue weighted by molar-refractivity contribution is 0.0955. The number of nitrogens with one attached hydrogen (secondary N) is 1. The maximum atomic E-state index is 11.9. The molecule has 1 aromatic heterocycles. The number of amides is 1. The number of halogens is 3. The highest BCUT2D eigenvalue weighted by atomic mass is 79.9. The second-order valence-electron chi connectivity index (χ2n) is 5.03. The Kier molecular flexibility index (Phi) is 5.58. The van der Waals surface area contributed by atoms with Crippen LogP contribution in [0, 0.1) is 0 Å². The van der Waals surface area contributed by atoms with E-state index >= 15 is 0 Å². The molecule has 0 atom stereocenters. The molecule has 0 spiro atoms. The normalized spacial score (nSPS) is 11.0. The molecule has 3 rings (SSSR count). The van der Waals surface area contributed by atoms with Gasteiger partial charge >= 0.3 is 0 Å². The molecule has 126 valence electrons. The Morgan fingerprint density at radius 1 is 1.08 bits per heavy atom. The molecule has 2 aromatic carbocycles. The number of benzene rings is 2. The van der Waals surface area contributed by atoms with Crippen LogP contribution in [0.2, 0.25) is 10.0 Å². The first-order chi connectivity index (χ1) is 12.0. The molecule has 7 heteroatoms. The van der Waals surface area contributed by atoms with Gasteiger partial charge in [-0.05, 0) is 54.6 Å². The van der Waals surface area contributed by atoms with E-state index in [4.69, 9.17) is 27.6 Å². The van der Waals surface area contributed by atoms with E-state index in [1.54, 1.807) is 54.6 Å². The van der Waals surface area contributed by atoms with E-state index in [2.05, 4.69) is 26.5 Å². The highest BCUT2D eigenvalue weighted by Crippen LogP contribution is 2.31. The summed E-state index contributed by atoms with van der Waals surface area (Å²) in [6.07, 6.45) is 1.42. The fourth-order valence-corrected chi connectivity index (χ4v) is 2.84. The molecule has 0 fully saturated rings. The van der Waals surface area contributed by atoms with Crippen molar-refractivity contribution < 1.29 is 9.21 Å². The molecule has 4 nitrogen and oxygen atoms in total. The Labute approximate surface area is 162 Å². The highest BCUT2D eigenvalue weighted by Gasteiger charge is 2.09. The van der Waals surface area contributed by atoms with Crippen LogP contribution < -0.4 is 5.43 Å². The van der Waals surface area contributed by atoms with Gasteiger partial charge in [-0.3, -0.25) is 4.79 Å². The van der Waals surface area contributed by atoms with Crippen LogP contribution in [0.5, 0.6) is 0 Å². The SMILES string of the molecule is O=C(N/N=C\c1ccc(-c2ccc(Cl)cc2Cl)o1)c1ccc(Br)cc1. The van der Waals surface area contributed by atoms with E-state index in [1.165, 1.54) is 6.21 Å². The summed E-state index contributed by atoms with van der Waals surface area (Å²) in [5, 5.41) is 4.95. The third kappa shape index (κ3) is 4.51. The monoisotopic (exact) mass is 436 g/mol.